The molecular formula is C18H40Al2N2O12S3. The zero-order valence-electron chi connectivity index (χ0n) is 21.4. The third kappa shape index (κ3) is 141. The van der Waals surface area contributed by atoms with Crippen LogP contribution in [0, 0.1) is 0 Å². The van der Waals surface area contributed by atoms with Gasteiger partial charge in [-0.15, -0.1) is 0 Å². The molecule has 0 atom stereocenters. The summed E-state index contributed by atoms with van der Waals surface area (Å²) in [4.78, 5) is 0. The number of hydrazine groups is 1. The Morgan fingerprint density at radius 1 is 0.459 bits per heavy atom. The molecule has 19 heteroatoms. The van der Waals surface area contributed by atoms with Crippen LogP contribution in [0.1, 0.15) is 110 Å². The van der Waals surface area contributed by atoms with E-state index >= 15 is 0 Å². The van der Waals surface area contributed by atoms with Crippen molar-refractivity contribution in [2.45, 2.75) is 110 Å². The molecule has 0 fully saturated rings. The quantitative estimate of drug-likeness (QED) is 0.0567. The fourth-order valence-corrected chi connectivity index (χ4v) is 2.78. The van der Waals surface area contributed by atoms with Crippen molar-refractivity contribution < 1.29 is 52.6 Å². The Morgan fingerprint density at radius 3 is 0.784 bits per heavy atom. The maximum Gasteiger partial charge on any atom is 3.00 e. The van der Waals surface area contributed by atoms with Crippen molar-refractivity contribution in [3.63, 3.8) is 0 Å². The number of nitrogens with one attached hydrogen (secondary N) is 1. The van der Waals surface area contributed by atoms with Crippen molar-refractivity contribution in [2.24, 2.45) is 5.84 Å². The second-order valence-electron chi connectivity index (χ2n) is 7.48. The first-order valence-corrected chi connectivity index (χ1v) is 15.3. The predicted octanol–water partition coefficient (Wildman–Crippen LogP) is 0.936. The van der Waals surface area contributed by atoms with Crippen LogP contribution in [0.5, 0.6) is 0 Å². The molecule has 14 nitrogen and oxygen atoms in total. The molecule has 0 spiro atoms. The van der Waals surface area contributed by atoms with E-state index < -0.39 is 31.2 Å². The van der Waals surface area contributed by atoms with Gasteiger partial charge in [0.05, 0.1) is 0 Å². The topological polar surface area (TPSA) is 279 Å². The summed E-state index contributed by atoms with van der Waals surface area (Å²) < 4.78 is 102. The fraction of sp³-hybridized carbons (Fsp3) is 1.00. The number of unbranched alkanes of at least 4 members (excludes halogenated alkanes) is 15. The SMILES string of the molecule is CCCCCCCCCCCCCCCCCCNN.O=S(=O)([O-])[O-].O=S(=O)([O-])[O-].O=S(=O)([O-])[O-].[Al+3].[Al+3]. The zero-order chi connectivity index (χ0) is 28.2. The van der Waals surface area contributed by atoms with E-state index in [1.807, 2.05) is 0 Å². The van der Waals surface area contributed by atoms with Gasteiger partial charge in [-0.05, 0) is 6.42 Å². The summed E-state index contributed by atoms with van der Waals surface area (Å²) in [6, 6.07) is 0. The van der Waals surface area contributed by atoms with Crippen LogP contribution in [-0.2, 0) is 31.2 Å². The average Bonchev–Trinajstić information content (AvgIpc) is 2.64. The van der Waals surface area contributed by atoms with Gasteiger partial charge >= 0.3 is 34.7 Å². The molecule has 0 aromatic heterocycles. The Bertz CT molecular complexity index is 628. The van der Waals surface area contributed by atoms with E-state index in [1.165, 1.54) is 103 Å². The summed E-state index contributed by atoms with van der Waals surface area (Å²) in [6.07, 6.45) is 22.8. The molecule has 218 valence electrons. The Kier molecular flexibility index (Phi) is 47.2. The van der Waals surface area contributed by atoms with Gasteiger partial charge in [-0.25, -0.2) is 0 Å². The van der Waals surface area contributed by atoms with Gasteiger partial charge in [0.15, 0.2) is 0 Å². The number of rotatable bonds is 17. The van der Waals surface area contributed by atoms with E-state index in [9.17, 15) is 0 Å². The first-order chi connectivity index (χ1) is 15.9. The second kappa shape index (κ2) is 34.6. The Morgan fingerprint density at radius 2 is 0.622 bits per heavy atom. The van der Waals surface area contributed by atoms with Gasteiger partial charge in [0.2, 0.25) is 0 Å². The van der Waals surface area contributed by atoms with Gasteiger partial charge in [-0.1, -0.05) is 103 Å². The van der Waals surface area contributed by atoms with Crippen LogP contribution in [0.4, 0.5) is 0 Å². The first kappa shape index (κ1) is 50.4. The normalized spacial score (nSPS) is 10.7. The monoisotopic (exact) mass is 626 g/mol. The van der Waals surface area contributed by atoms with Gasteiger partial charge in [-0.2, -0.15) is 0 Å². The Labute approximate surface area is 244 Å². The molecular weight excluding hydrogens is 586 g/mol. The molecule has 0 bridgehead atoms. The standard InChI is InChI=1S/C18H40N2.2Al.3H2O4S/c1-2-3-4-5-6-7-8-9-10-11-12-13-14-15-16-17-18-20-19;;;3*1-5(2,3)4/h20H,2-19H2,1H3;;;3*(H2,1,2,3,4)/q;2*+3;;;/p-6. The fourth-order valence-electron chi connectivity index (χ4n) is 2.78. The smallest absolute Gasteiger partial charge is 0.759 e. The number of hydrogen-bond donors (Lipinski definition) is 2. The maximum atomic E-state index is 8.52. The molecule has 0 aliphatic carbocycles. The molecule has 0 rings (SSSR count). The van der Waals surface area contributed by atoms with Crippen molar-refractivity contribution in [3.05, 3.63) is 0 Å². The van der Waals surface area contributed by atoms with E-state index in [-0.39, 0.29) is 34.7 Å². The van der Waals surface area contributed by atoms with Crippen molar-refractivity contribution in [1.29, 1.82) is 0 Å². The summed E-state index contributed by atoms with van der Waals surface area (Å²) in [5.74, 6) is 5.24. The maximum absolute atomic E-state index is 8.52. The molecule has 0 saturated carbocycles. The van der Waals surface area contributed by atoms with Crippen molar-refractivity contribution in [2.75, 3.05) is 6.54 Å². The molecule has 0 aliphatic heterocycles. The van der Waals surface area contributed by atoms with Crippen molar-refractivity contribution in [1.82, 2.24) is 5.43 Å². The Hall–Kier alpha value is 0.595. The molecule has 0 aromatic rings. The molecule has 0 heterocycles. The van der Waals surface area contributed by atoms with Crippen LogP contribution in [0.15, 0.2) is 0 Å². The van der Waals surface area contributed by atoms with Crippen molar-refractivity contribution in [3.8, 4) is 0 Å². The number of nitrogens with two attached hydrogens (primary N) is 1. The second-order valence-corrected chi connectivity index (χ2v) is 9.93. The molecule has 0 aromatic carbocycles. The van der Waals surface area contributed by atoms with Crippen LogP contribution in [0.25, 0.3) is 0 Å². The third-order valence-corrected chi connectivity index (χ3v) is 4.17. The minimum atomic E-state index is -5.17. The molecule has 3 N–H and O–H groups in total. The predicted molar refractivity (Wildman–Crippen MR) is 135 cm³/mol. The minimum absolute atomic E-state index is 0. The minimum Gasteiger partial charge on any atom is -0.759 e. The Balaban J connectivity index is -0.000000116. The molecule has 37 heavy (non-hydrogen) atoms. The average molecular weight is 627 g/mol. The van der Waals surface area contributed by atoms with Crippen molar-refractivity contribution >= 4 is 65.9 Å². The molecule has 0 saturated heterocycles. The van der Waals surface area contributed by atoms with Crippen LogP contribution >= 0.6 is 0 Å². The summed E-state index contributed by atoms with van der Waals surface area (Å²) >= 11 is 0. The van der Waals surface area contributed by atoms with E-state index in [0.717, 1.165) is 6.54 Å². The van der Waals surface area contributed by atoms with Gasteiger partial charge in [0, 0.05) is 37.7 Å². The van der Waals surface area contributed by atoms with E-state index in [0.29, 0.717) is 0 Å². The summed E-state index contributed by atoms with van der Waals surface area (Å²) in [7, 11) is -15.5. The molecule has 0 amide bonds. The summed E-state index contributed by atoms with van der Waals surface area (Å²) in [6.45, 7) is 3.26. The van der Waals surface area contributed by atoms with E-state index in [2.05, 4.69) is 12.3 Å². The molecule has 0 aliphatic rings. The van der Waals surface area contributed by atoms with Gasteiger partial charge in [0.1, 0.15) is 0 Å². The first-order valence-electron chi connectivity index (χ1n) is 11.3. The number of hydrogen-bond acceptors (Lipinski definition) is 14. The molecule has 0 radical (unpaired) electrons. The van der Waals surface area contributed by atoms with Crippen LogP contribution in [0.2, 0.25) is 0 Å². The van der Waals surface area contributed by atoms with Crippen LogP contribution in [-0.4, -0.2) is 93.8 Å². The summed E-state index contributed by atoms with van der Waals surface area (Å²) in [5.41, 5.74) is 2.72. The van der Waals surface area contributed by atoms with Gasteiger partial charge in [-0.3, -0.25) is 36.5 Å². The van der Waals surface area contributed by atoms with Gasteiger partial charge < -0.3 is 27.3 Å². The molecule has 0 unspecified atom stereocenters. The third-order valence-electron chi connectivity index (χ3n) is 4.17. The van der Waals surface area contributed by atoms with E-state index in [4.69, 9.17) is 58.4 Å². The zero-order valence-corrected chi connectivity index (χ0v) is 26.1. The van der Waals surface area contributed by atoms with E-state index in [1.54, 1.807) is 0 Å². The summed E-state index contributed by atoms with van der Waals surface area (Å²) in [5, 5.41) is 0. The van der Waals surface area contributed by atoms with Crippen LogP contribution < -0.4 is 11.3 Å². The largest absolute Gasteiger partial charge is 3.00 e. The van der Waals surface area contributed by atoms with Crippen LogP contribution in [0.3, 0.4) is 0 Å². The van der Waals surface area contributed by atoms with Gasteiger partial charge in [0.25, 0.3) is 0 Å².